The van der Waals surface area contributed by atoms with Gasteiger partial charge in [-0.25, -0.2) is 10.3 Å². The number of nitrogens with zero attached hydrogens (tertiary/aromatic N) is 1. The van der Waals surface area contributed by atoms with E-state index < -0.39 is 6.03 Å². The number of rotatable bonds is 1. The second kappa shape index (κ2) is 3.89. The van der Waals surface area contributed by atoms with E-state index in [1.807, 2.05) is 5.32 Å². The van der Waals surface area contributed by atoms with Crippen molar-refractivity contribution in [2.75, 3.05) is 6.54 Å². The molecule has 0 spiro atoms. The van der Waals surface area contributed by atoms with Crippen molar-refractivity contribution in [2.45, 2.75) is 0 Å². The maximum Gasteiger partial charge on any atom is 0.339 e. The monoisotopic (exact) mass is 115 g/mol. The highest BCUT2D eigenvalue weighted by Crippen LogP contribution is 1.56. The Bertz CT molecular complexity index is 116. The molecule has 0 aliphatic carbocycles. The van der Waals surface area contributed by atoms with Gasteiger partial charge in [-0.05, 0) is 0 Å². The van der Waals surface area contributed by atoms with Crippen molar-refractivity contribution in [3.63, 3.8) is 0 Å². The molecule has 0 fully saturated rings. The number of urea groups is 1. The van der Waals surface area contributed by atoms with Gasteiger partial charge in [0.1, 0.15) is 6.54 Å². The first kappa shape index (κ1) is 6.72. The molecule has 0 saturated carbocycles. The minimum absolute atomic E-state index is 0.105. The van der Waals surface area contributed by atoms with Gasteiger partial charge in [-0.2, -0.15) is 5.26 Å². The third-order valence-electron chi connectivity index (χ3n) is 0.430. The lowest BCUT2D eigenvalue weighted by Gasteiger charge is -1.93. The predicted octanol–water partition coefficient (Wildman–Crippen LogP) is -0.802. The summed E-state index contributed by atoms with van der Waals surface area (Å²) in [5, 5.41) is 17.6. The predicted molar refractivity (Wildman–Crippen MR) is 23.9 cm³/mol. The largest absolute Gasteiger partial charge is 0.339 e. The van der Waals surface area contributed by atoms with Gasteiger partial charge in [0.2, 0.25) is 0 Å². The molecule has 0 heterocycles. The van der Waals surface area contributed by atoms with Crippen molar-refractivity contribution < 1.29 is 10.0 Å². The molecule has 8 heavy (non-hydrogen) atoms. The quantitative estimate of drug-likeness (QED) is 0.237. The second-order valence-corrected chi connectivity index (χ2v) is 0.953. The molecule has 2 amide bonds. The van der Waals surface area contributed by atoms with Crippen LogP contribution in [0.25, 0.3) is 0 Å². The lowest BCUT2D eigenvalue weighted by Crippen LogP contribution is -2.33. The molecule has 5 nitrogen and oxygen atoms in total. The molecule has 0 radical (unpaired) electrons. The topological polar surface area (TPSA) is 85.2 Å². The van der Waals surface area contributed by atoms with Crippen LogP contribution in [-0.2, 0) is 0 Å². The Morgan fingerprint density at radius 2 is 2.50 bits per heavy atom. The van der Waals surface area contributed by atoms with Crippen molar-refractivity contribution in [3.8, 4) is 6.07 Å². The fourth-order valence-corrected chi connectivity index (χ4v) is 0.159. The molecular formula is C3H5N3O2. The second-order valence-electron chi connectivity index (χ2n) is 0.953. The van der Waals surface area contributed by atoms with Gasteiger partial charge in [-0.3, -0.25) is 5.21 Å². The fraction of sp³-hybridized carbons (Fsp3) is 0.333. The highest BCUT2D eigenvalue weighted by Gasteiger charge is 1.90. The van der Waals surface area contributed by atoms with E-state index >= 15 is 0 Å². The average Bonchev–Trinajstić information content (AvgIpc) is 1.83. The molecule has 3 N–H and O–H groups in total. The first-order chi connectivity index (χ1) is 3.81. The van der Waals surface area contributed by atoms with E-state index in [4.69, 9.17) is 10.5 Å². The highest BCUT2D eigenvalue weighted by molar-refractivity contribution is 5.72. The zero-order chi connectivity index (χ0) is 6.41. The van der Waals surface area contributed by atoms with Crippen LogP contribution in [0.4, 0.5) is 4.79 Å². The van der Waals surface area contributed by atoms with E-state index in [-0.39, 0.29) is 6.54 Å². The van der Waals surface area contributed by atoms with E-state index in [9.17, 15) is 4.79 Å². The third-order valence-corrected chi connectivity index (χ3v) is 0.430. The van der Waals surface area contributed by atoms with Crippen LogP contribution in [0.1, 0.15) is 0 Å². The van der Waals surface area contributed by atoms with Gasteiger partial charge < -0.3 is 5.32 Å². The van der Waals surface area contributed by atoms with Crippen LogP contribution < -0.4 is 10.8 Å². The van der Waals surface area contributed by atoms with E-state index in [0.717, 1.165) is 0 Å². The Kier molecular flexibility index (Phi) is 3.27. The first-order valence-corrected chi connectivity index (χ1v) is 1.86. The number of amides is 2. The number of nitriles is 1. The summed E-state index contributed by atoms with van der Waals surface area (Å²) in [5.41, 5.74) is 1.30. The highest BCUT2D eigenvalue weighted by atomic mass is 16.5. The summed E-state index contributed by atoms with van der Waals surface area (Å²) < 4.78 is 0. The summed E-state index contributed by atoms with van der Waals surface area (Å²) in [7, 11) is 0. The third kappa shape index (κ3) is 2.93. The number of hydroxylamine groups is 1. The summed E-state index contributed by atoms with van der Waals surface area (Å²) in [6.07, 6.45) is 0. The SMILES string of the molecule is N#CCNC(=O)NO. The summed E-state index contributed by atoms with van der Waals surface area (Å²) in [6, 6.07) is 0.878. The Morgan fingerprint density at radius 3 is 2.88 bits per heavy atom. The van der Waals surface area contributed by atoms with Crippen LogP contribution in [0.15, 0.2) is 0 Å². The molecule has 5 heteroatoms. The van der Waals surface area contributed by atoms with Gasteiger partial charge in [0.25, 0.3) is 0 Å². The molecule has 0 aromatic carbocycles. The van der Waals surface area contributed by atoms with Gasteiger partial charge >= 0.3 is 6.03 Å². The first-order valence-electron chi connectivity index (χ1n) is 1.86. The minimum Gasteiger partial charge on any atom is -0.323 e. The smallest absolute Gasteiger partial charge is 0.323 e. The summed E-state index contributed by atoms with van der Waals surface area (Å²) in [4.78, 5) is 9.95. The zero-order valence-corrected chi connectivity index (χ0v) is 4.01. The number of carbonyl (C=O) groups excluding carboxylic acids is 1. The lowest BCUT2D eigenvalue weighted by atomic mass is 10.7. The summed E-state index contributed by atoms with van der Waals surface area (Å²) >= 11 is 0. The Morgan fingerprint density at radius 1 is 1.88 bits per heavy atom. The molecule has 0 unspecified atom stereocenters. The molecule has 44 valence electrons. The van der Waals surface area contributed by atoms with Crippen molar-refractivity contribution >= 4 is 6.03 Å². The molecule has 0 bridgehead atoms. The van der Waals surface area contributed by atoms with Crippen LogP contribution in [0.2, 0.25) is 0 Å². The Hall–Kier alpha value is -1.28. The van der Waals surface area contributed by atoms with Crippen LogP contribution >= 0.6 is 0 Å². The van der Waals surface area contributed by atoms with E-state index in [1.54, 1.807) is 6.07 Å². The van der Waals surface area contributed by atoms with Gasteiger partial charge in [0.15, 0.2) is 0 Å². The number of hydrogen-bond acceptors (Lipinski definition) is 3. The molecule has 0 aromatic heterocycles. The van der Waals surface area contributed by atoms with E-state index in [2.05, 4.69) is 0 Å². The van der Waals surface area contributed by atoms with Crippen molar-refractivity contribution in [2.24, 2.45) is 0 Å². The number of hydrogen-bond donors (Lipinski definition) is 3. The van der Waals surface area contributed by atoms with E-state index in [0.29, 0.717) is 0 Å². The minimum atomic E-state index is -0.772. The van der Waals surface area contributed by atoms with Crippen molar-refractivity contribution in [1.82, 2.24) is 10.8 Å². The average molecular weight is 115 g/mol. The molecule has 0 atom stereocenters. The molecule has 0 rings (SSSR count). The van der Waals surface area contributed by atoms with Crippen LogP contribution in [-0.4, -0.2) is 17.8 Å². The molecular weight excluding hydrogens is 110 g/mol. The molecule has 0 aliphatic rings. The standard InChI is InChI=1S/C3H5N3O2/c4-1-2-5-3(7)6-8/h8H,2H2,(H2,5,6,7). The van der Waals surface area contributed by atoms with Gasteiger partial charge in [0.05, 0.1) is 6.07 Å². The van der Waals surface area contributed by atoms with Crippen LogP contribution in [0.3, 0.4) is 0 Å². The normalized spacial score (nSPS) is 7.00. The fourth-order valence-electron chi connectivity index (χ4n) is 0.159. The maximum absolute atomic E-state index is 9.95. The van der Waals surface area contributed by atoms with Gasteiger partial charge in [-0.15, -0.1) is 0 Å². The van der Waals surface area contributed by atoms with E-state index in [1.165, 1.54) is 5.48 Å². The summed E-state index contributed by atoms with van der Waals surface area (Å²) in [5.74, 6) is 0. The van der Waals surface area contributed by atoms with Crippen LogP contribution in [0, 0.1) is 11.3 Å². The molecule has 0 saturated heterocycles. The maximum atomic E-state index is 9.95. The lowest BCUT2D eigenvalue weighted by molar-refractivity contribution is 0.162. The summed E-state index contributed by atoms with van der Waals surface area (Å²) in [6.45, 7) is -0.105. The zero-order valence-electron chi connectivity index (χ0n) is 4.01. The van der Waals surface area contributed by atoms with Gasteiger partial charge in [-0.1, -0.05) is 0 Å². The van der Waals surface area contributed by atoms with Gasteiger partial charge in [0, 0.05) is 0 Å². The molecule has 0 aromatic rings. The number of carbonyl (C=O) groups is 1. The van der Waals surface area contributed by atoms with Crippen molar-refractivity contribution in [3.05, 3.63) is 0 Å². The Balaban J connectivity index is 3.15. The number of nitrogens with one attached hydrogen (secondary N) is 2. The molecule has 0 aliphatic heterocycles. The Labute approximate surface area is 45.9 Å². The van der Waals surface area contributed by atoms with Crippen molar-refractivity contribution in [1.29, 1.82) is 5.26 Å². The van der Waals surface area contributed by atoms with Crippen LogP contribution in [0.5, 0.6) is 0 Å².